The summed E-state index contributed by atoms with van der Waals surface area (Å²) in [6.45, 7) is 1.83. The van der Waals surface area contributed by atoms with Gasteiger partial charge in [0.05, 0.1) is 5.69 Å². The largest absolute Gasteiger partial charge is 0.382 e. The Labute approximate surface area is 89.9 Å². The van der Waals surface area contributed by atoms with Crippen molar-refractivity contribution >= 4 is 21.7 Å². The van der Waals surface area contributed by atoms with Gasteiger partial charge in [-0.1, -0.05) is 17.3 Å². The molecule has 0 unspecified atom stereocenters. The Morgan fingerprint density at radius 3 is 2.64 bits per heavy atom. The molecule has 2 rings (SSSR count). The van der Waals surface area contributed by atoms with Crippen LogP contribution in [0.2, 0.25) is 0 Å². The first-order chi connectivity index (χ1) is 6.70. The van der Waals surface area contributed by atoms with E-state index in [1.54, 1.807) is 4.68 Å². The Kier molecular flexibility index (Phi) is 2.25. The van der Waals surface area contributed by atoms with E-state index in [-0.39, 0.29) is 0 Å². The molecule has 0 amide bonds. The molecule has 72 valence electrons. The number of nitrogens with zero attached hydrogens (tertiary/aromatic N) is 3. The van der Waals surface area contributed by atoms with E-state index in [2.05, 4.69) is 26.2 Å². The van der Waals surface area contributed by atoms with Crippen LogP contribution in [0.1, 0.15) is 5.69 Å². The molecule has 0 aliphatic carbocycles. The smallest absolute Gasteiger partial charge is 0.150 e. The van der Waals surface area contributed by atoms with Gasteiger partial charge in [-0.2, -0.15) is 4.68 Å². The molecule has 14 heavy (non-hydrogen) atoms. The van der Waals surface area contributed by atoms with Crippen LogP contribution in [-0.4, -0.2) is 15.0 Å². The highest BCUT2D eigenvalue weighted by atomic mass is 79.9. The molecule has 0 spiro atoms. The Morgan fingerprint density at radius 2 is 2.07 bits per heavy atom. The summed E-state index contributed by atoms with van der Waals surface area (Å²) in [6, 6.07) is 7.73. The first kappa shape index (κ1) is 9.21. The molecule has 0 radical (unpaired) electrons. The van der Waals surface area contributed by atoms with E-state index < -0.39 is 0 Å². The van der Waals surface area contributed by atoms with Gasteiger partial charge in [-0.15, -0.1) is 5.10 Å². The highest BCUT2D eigenvalue weighted by Crippen LogP contribution is 2.22. The number of hydrogen-bond acceptors (Lipinski definition) is 3. The van der Waals surface area contributed by atoms with Gasteiger partial charge >= 0.3 is 0 Å². The number of anilines is 1. The standard InChI is InChI=1S/C9H9BrN4/c1-6-9(11)14(13-12-6)8-5-3-2-4-7(8)10/h2-5H,11H2,1H3. The van der Waals surface area contributed by atoms with E-state index in [4.69, 9.17) is 5.73 Å². The van der Waals surface area contributed by atoms with Gasteiger partial charge in [0.2, 0.25) is 0 Å². The summed E-state index contributed by atoms with van der Waals surface area (Å²) in [6.07, 6.45) is 0. The van der Waals surface area contributed by atoms with E-state index >= 15 is 0 Å². The third-order valence-electron chi connectivity index (χ3n) is 1.96. The van der Waals surface area contributed by atoms with Crippen LogP contribution in [0.15, 0.2) is 28.7 Å². The van der Waals surface area contributed by atoms with Crippen molar-refractivity contribution < 1.29 is 0 Å². The fourth-order valence-corrected chi connectivity index (χ4v) is 1.62. The van der Waals surface area contributed by atoms with Crippen molar-refractivity contribution in [2.24, 2.45) is 0 Å². The zero-order valence-corrected chi connectivity index (χ0v) is 9.19. The van der Waals surface area contributed by atoms with Gasteiger partial charge in [0.1, 0.15) is 5.69 Å². The Hall–Kier alpha value is -1.36. The van der Waals surface area contributed by atoms with Crippen molar-refractivity contribution in [1.29, 1.82) is 0 Å². The monoisotopic (exact) mass is 252 g/mol. The minimum atomic E-state index is 0.567. The predicted octanol–water partition coefficient (Wildman–Crippen LogP) is 1.92. The van der Waals surface area contributed by atoms with Crippen molar-refractivity contribution in [3.63, 3.8) is 0 Å². The summed E-state index contributed by atoms with van der Waals surface area (Å²) in [5, 5.41) is 7.86. The molecular formula is C9H9BrN4. The van der Waals surface area contributed by atoms with E-state index in [0.29, 0.717) is 5.82 Å². The van der Waals surface area contributed by atoms with Crippen LogP contribution in [0.25, 0.3) is 5.69 Å². The van der Waals surface area contributed by atoms with Crippen molar-refractivity contribution in [2.45, 2.75) is 6.92 Å². The Bertz CT molecular complexity index is 464. The normalized spacial score (nSPS) is 10.4. The maximum absolute atomic E-state index is 5.82. The first-order valence-electron chi connectivity index (χ1n) is 4.13. The number of benzene rings is 1. The summed E-state index contributed by atoms with van der Waals surface area (Å²) >= 11 is 3.43. The van der Waals surface area contributed by atoms with Crippen LogP contribution in [-0.2, 0) is 0 Å². The SMILES string of the molecule is Cc1nnn(-c2ccccc2Br)c1N. The minimum absolute atomic E-state index is 0.567. The summed E-state index contributed by atoms with van der Waals surface area (Å²) < 4.78 is 2.55. The molecule has 1 heterocycles. The molecule has 1 aromatic heterocycles. The number of hydrogen-bond donors (Lipinski definition) is 1. The van der Waals surface area contributed by atoms with Crippen molar-refractivity contribution in [3.8, 4) is 5.69 Å². The maximum atomic E-state index is 5.82. The van der Waals surface area contributed by atoms with Crippen molar-refractivity contribution in [2.75, 3.05) is 5.73 Å². The maximum Gasteiger partial charge on any atom is 0.150 e. The summed E-state index contributed by atoms with van der Waals surface area (Å²) in [5.74, 6) is 0.567. The van der Waals surface area contributed by atoms with Crippen LogP contribution in [0.4, 0.5) is 5.82 Å². The zero-order valence-electron chi connectivity index (χ0n) is 7.61. The molecule has 0 fully saturated rings. The molecule has 2 N–H and O–H groups in total. The Balaban J connectivity index is 2.60. The zero-order chi connectivity index (χ0) is 10.1. The number of para-hydroxylation sites is 1. The van der Waals surface area contributed by atoms with Crippen LogP contribution in [0.5, 0.6) is 0 Å². The summed E-state index contributed by atoms with van der Waals surface area (Å²) in [4.78, 5) is 0. The highest BCUT2D eigenvalue weighted by molar-refractivity contribution is 9.10. The molecule has 4 nitrogen and oxygen atoms in total. The summed E-state index contributed by atoms with van der Waals surface area (Å²) in [5.41, 5.74) is 7.45. The predicted molar refractivity (Wildman–Crippen MR) is 58.2 cm³/mol. The van der Waals surface area contributed by atoms with Crippen LogP contribution in [0, 0.1) is 6.92 Å². The van der Waals surface area contributed by atoms with Crippen LogP contribution in [0.3, 0.4) is 0 Å². The summed E-state index contributed by atoms with van der Waals surface area (Å²) in [7, 11) is 0. The molecule has 0 aliphatic heterocycles. The Morgan fingerprint density at radius 1 is 1.36 bits per heavy atom. The first-order valence-corrected chi connectivity index (χ1v) is 4.92. The number of rotatable bonds is 1. The van der Waals surface area contributed by atoms with Crippen molar-refractivity contribution in [1.82, 2.24) is 15.0 Å². The molecule has 2 aromatic rings. The van der Waals surface area contributed by atoms with Gasteiger partial charge in [-0.05, 0) is 35.0 Å². The molecule has 5 heteroatoms. The second-order valence-corrected chi connectivity index (χ2v) is 3.78. The number of aryl methyl sites for hydroxylation is 1. The van der Waals surface area contributed by atoms with Gasteiger partial charge in [-0.3, -0.25) is 0 Å². The molecule has 0 aliphatic rings. The van der Waals surface area contributed by atoms with Gasteiger partial charge in [0.25, 0.3) is 0 Å². The van der Waals surface area contributed by atoms with E-state index in [9.17, 15) is 0 Å². The minimum Gasteiger partial charge on any atom is -0.382 e. The lowest BCUT2D eigenvalue weighted by Crippen LogP contribution is -2.02. The van der Waals surface area contributed by atoms with Crippen molar-refractivity contribution in [3.05, 3.63) is 34.4 Å². The fraction of sp³-hybridized carbons (Fsp3) is 0.111. The average molecular weight is 253 g/mol. The molecule has 0 atom stereocenters. The number of halogens is 1. The lowest BCUT2D eigenvalue weighted by Gasteiger charge is -2.04. The number of aromatic nitrogens is 3. The molecule has 0 saturated heterocycles. The molecule has 0 saturated carbocycles. The van der Waals surface area contributed by atoms with Crippen LogP contribution < -0.4 is 5.73 Å². The van der Waals surface area contributed by atoms with Gasteiger partial charge < -0.3 is 5.73 Å². The highest BCUT2D eigenvalue weighted by Gasteiger charge is 2.08. The second-order valence-electron chi connectivity index (χ2n) is 2.92. The van der Waals surface area contributed by atoms with E-state index in [1.807, 2.05) is 31.2 Å². The lowest BCUT2D eigenvalue weighted by atomic mass is 10.3. The quantitative estimate of drug-likeness (QED) is 0.844. The lowest BCUT2D eigenvalue weighted by molar-refractivity contribution is 0.804. The van der Waals surface area contributed by atoms with Crippen LogP contribution >= 0.6 is 15.9 Å². The third-order valence-corrected chi connectivity index (χ3v) is 2.63. The van der Waals surface area contributed by atoms with Gasteiger partial charge in [0, 0.05) is 4.47 Å². The third kappa shape index (κ3) is 1.39. The fourth-order valence-electron chi connectivity index (χ4n) is 1.17. The molecule has 1 aromatic carbocycles. The van der Waals surface area contributed by atoms with E-state index in [1.165, 1.54) is 0 Å². The van der Waals surface area contributed by atoms with Gasteiger partial charge in [-0.25, -0.2) is 0 Å². The second kappa shape index (κ2) is 3.42. The van der Waals surface area contributed by atoms with E-state index in [0.717, 1.165) is 15.9 Å². The molecular weight excluding hydrogens is 244 g/mol. The van der Waals surface area contributed by atoms with Gasteiger partial charge in [0.15, 0.2) is 5.82 Å². The topological polar surface area (TPSA) is 56.7 Å². The molecule has 0 bridgehead atoms. The number of nitrogen functional groups attached to an aromatic ring is 1. The number of nitrogens with two attached hydrogens (primary N) is 1. The average Bonchev–Trinajstić information content (AvgIpc) is 2.49.